The third-order valence-corrected chi connectivity index (χ3v) is 7.41. The maximum absolute atomic E-state index is 12.1. The van der Waals surface area contributed by atoms with Crippen molar-refractivity contribution in [3.63, 3.8) is 0 Å². The van der Waals surface area contributed by atoms with Gasteiger partial charge in [-0.05, 0) is 56.6 Å². The number of aryl methyl sites for hydroxylation is 1. The minimum Gasteiger partial charge on any atom is -0.481 e. The summed E-state index contributed by atoms with van der Waals surface area (Å²) >= 11 is 0. The smallest absolute Gasteiger partial charge is 0.309 e. The van der Waals surface area contributed by atoms with Crippen LogP contribution in [0.25, 0.3) is 0 Å². The second kappa shape index (κ2) is 6.13. The van der Waals surface area contributed by atoms with Gasteiger partial charge in [-0.25, -0.2) is 0 Å². The first-order valence-corrected chi connectivity index (χ1v) is 9.30. The van der Waals surface area contributed by atoms with Crippen molar-refractivity contribution in [2.24, 2.45) is 22.7 Å². The third-order valence-electron chi connectivity index (χ3n) is 7.41. The summed E-state index contributed by atoms with van der Waals surface area (Å²) in [4.78, 5) is 12.1. The maximum atomic E-state index is 12.1. The fraction of sp³-hybridized carbons (Fsp3) is 0.750. The number of rotatable bonds is 4. The lowest BCUT2D eigenvalue weighted by Crippen LogP contribution is -2.68. The van der Waals surface area contributed by atoms with Crippen molar-refractivity contribution in [2.45, 2.75) is 71.0 Å². The fourth-order valence-electron chi connectivity index (χ4n) is 5.97. The molecule has 0 amide bonds. The van der Waals surface area contributed by atoms with Crippen molar-refractivity contribution >= 4 is 5.97 Å². The normalized spacial score (nSPS) is 44.3. The largest absolute Gasteiger partial charge is 0.481 e. The highest BCUT2D eigenvalue weighted by atomic mass is 16.4. The molecule has 1 aromatic heterocycles. The molecule has 5 heteroatoms. The molecule has 5 nitrogen and oxygen atoms in total. The Morgan fingerprint density at radius 1 is 1.36 bits per heavy atom. The number of furan rings is 1. The summed E-state index contributed by atoms with van der Waals surface area (Å²) < 4.78 is 5.13. The van der Waals surface area contributed by atoms with Crippen LogP contribution in [-0.4, -0.2) is 33.0 Å². The number of hydrogen-bond donors (Lipinski definition) is 3. The van der Waals surface area contributed by atoms with Crippen LogP contribution in [0.2, 0.25) is 0 Å². The van der Waals surface area contributed by atoms with Crippen LogP contribution in [0, 0.1) is 22.7 Å². The van der Waals surface area contributed by atoms with E-state index in [9.17, 15) is 20.1 Å². The Kier molecular flexibility index (Phi) is 4.53. The molecular weight excluding hydrogens is 320 g/mol. The summed E-state index contributed by atoms with van der Waals surface area (Å²) in [5, 5.41) is 32.5. The highest BCUT2D eigenvalue weighted by Gasteiger charge is 2.66. The highest BCUT2D eigenvalue weighted by molar-refractivity contribution is 5.75. The predicted octanol–water partition coefficient (Wildman–Crippen LogP) is 3.24. The molecule has 0 bridgehead atoms. The number of hydrogen-bond acceptors (Lipinski definition) is 4. The molecule has 6 atom stereocenters. The monoisotopic (exact) mass is 350 g/mol. The van der Waals surface area contributed by atoms with Crippen LogP contribution in [0.4, 0.5) is 0 Å². The van der Waals surface area contributed by atoms with E-state index in [2.05, 4.69) is 0 Å². The SMILES string of the molecule is C[C@@H]1C[C@H](O)[C@H]2[C@](C)(CCC[C@]2(C)C(=O)O)[C@]1(O)CCc1ccoc1. The molecule has 3 rings (SSSR count). The molecule has 140 valence electrons. The summed E-state index contributed by atoms with van der Waals surface area (Å²) in [6.45, 7) is 5.71. The standard InChI is InChI=1S/C20H30O5/c1-13-11-15(21)16-18(2,17(22)23)7-4-8-19(16,3)20(13,24)9-5-14-6-10-25-12-14/h6,10,12-13,15-16,21,24H,4-5,7-9,11H2,1-3H3,(H,22,23)/t13-,15+,16-,18+,19+,20+/m1/s1. The van der Waals surface area contributed by atoms with Gasteiger partial charge in [0.05, 0.1) is 29.6 Å². The third kappa shape index (κ3) is 2.63. The quantitative estimate of drug-likeness (QED) is 0.775. The fourth-order valence-corrected chi connectivity index (χ4v) is 5.97. The summed E-state index contributed by atoms with van der Waals surface area (Å²) in [6, 6.07) is 1.90. The van der Waals surface area contributed by atoms with E-state index in [-0.39, 0.29) is 5.92 Å². The van der Waals surface area contributed by atoms with E-state index in [0.29, 0.717) is 25.7 Å². The van der Waals surface area contributed by atoms with E-state index in [1.807, 2.05) is 19.9 Å². The summed E-state index contributed by atoms with van der Waals surface area (Å²) in [7, 11) is 0. The van der Waals surface area contributed by atoms with Crippen LogP contribution >= 0.6 is 0 Å². The Labute approximate surface area is 149 Å². The Morgan fingerprint density at radius 3 is 2.68 bits per heavy atom. The Hall–Kier alpha value is -1.33. The highest BCUT2D eigenvalue weighted by Crippen LogP contribution is 2.63. The van der Waals surface area contributed by atoms with Gasteiger partial charge in [0.15, 0.2) is 0 Å². The molecule has 1 aromatic rings. The molecule has 0 aliphatic heterocycles. The van der Waals surface area contributed by atoms with E-state index >= 15 is 0 Å². The van der Waals surface area contributed by atoms with Gasteiger partial charge in [0.1, 0.15) is 0 Å². The molecule has 3 N–H and O–H groups in total. The Bertz CT molecular complexity index is 626. The van der Waals surface area contributed by atoms with Crippen LogP contribution in [0.3, 0.4) is 0 Å². The average molecular weight is 350 g/mol. The molecular formula is C20H30O5. The van der Waals surface area contributed by atoms with Gasteiger partial charge in [-0.15, -0.1) is 0 Å². The van der Waals surface area contributed by atoms with Gasteiger partial charge >= 0.3 is 5.97 Å². The Balaban J connectivity index is 1.98. The number of aliphatic hydroxyl groups excluding tert-OH is 1. The number of aliphatic hydroxyl groups is 2. The molecule has 2 aliphatic carbocycles. The van der Waals surface area contributed by atoms with Crippen LogP contribution < -0.4 is 0 Å². The van der Waals surface area contributed by atoms with E-state index in [4.69, 9.17) is 4.42 Å². The topological polar surface area (TPSA) is 90.9 Å². The molecule has 2 saturated carbocycles. The van der Waals surface area contributed by atoms with Crippen molar-refractivity contribution in [1.29, 1.82) is 0 Å². The van der Waals surface area contributed by atoms with Gasteiger partial charge in [0.2, 0.25) is 0 Å². The average Bonchev–Trinajstić information content (AvgIpc) is 3.04. The lowest BCUT2D eigenvalue weighted by atomic mass is 9.43. The summed E-state index contributed by atoms with van der Waals surface area (Å²) in [5.74, 6) is -1.40. The molecule has 0 saturated heterocycles. The zero-order chi connectivity index (χ0) is 18.5. The summed E-state index contributed by atoms with van der Waals surface area (Å²) in [6.07, 6.45) is 6.32. The van der Waals surface area contributed by atoms with Crippen LogP contribution in [0.15, 0.2) is 23.0 Å². The lowest BCUT2D eigenvalue weighted by molar-refractivity contribution is -0.248. The van der Waals surface area contributed by atoms with Gasteiger partial charge in [-0.1, -0.05) is 20.3 Å². The Morgan fingerprint density at radius 2 is 2.08 bits per heavy atom. The molecule has 2 fully saturated rings. The molecule has 0 radical (unpaired) electrons. The minimum atomic E-state index is -1.01. The van der Waals surface area contributed by atoms with Crippen molar-refractivity contribution in [3.8, 4) is 0 Å². The van der Waals surface area contributed by atoms with Crippen molar-refractivity contribution < 1.29 is 24.5 Å². The maximum Gasteiger partial charge on any atom is 0.309 e. The number of carboxylic acids is 1. The minimum absolute atomic E-state index is 0.0909. The number of aliphatic carboxylic acids is 1. The van der Waals surface area contributed by atoms with E-state index < -0.39 is 34.4 Å². The first-order valence-electron chi connectivity index (χ1n) is 9.30. The van der Waals surface area contributed by atoms with Crippen molar-refractivity contribution in [3.05, 3.63) is 24.2 Å². The lowest BCUT2D eigenvalue weighted by Gasteiger charge is -2.63. The molecule has 1 heterocycles. The van der Waals surface area contributed by atoms with Gasteiger partial charge in [0.25, 0.3) is 0 Å². The zero-order valence-electron chi connectivity index (χ0n) is 15.4. The van der Waals surface area contributed by atoms with Crippen molar-refractivity contribution in [2.75, 3.05) is 0 Å². The van der Waals surface area contributed by atoms with Gasteiger partial charge in [0, 0.05) is 11.3 Å². The first kappa shape index (κ1) is 18.5. The van der Waals surface area contributed by atoms with Crippen LogP contribution in [0.5, 0.6) is 0 Å². The number of fused-ring (bicyclic) bond motifs is 1. The van der Waals surface area contributed by atoms with E-state index in [1.54, 1.807) is 19.5 Å². The molecule has 25 heavy (non-hydrogen) atoms. The molecule has 0 unspecified atom stereocenters. The second-order valence-corrected chi connectivity index (χ2v) is 8.73. The zero-order valence-corrected chi connectivity index (χ0v) is 15.4. The van der Waals surface area contributed by atoms with Crippen LogP contribution in [-0.2, 0) is 11.2 Å². The molecule has 0 aromatic carbocycles. The van der Waals surface area contributed by atoms with Crippen LogP contribution in [0.1, 0.15) is 58.4 Å². The second-order valence-electron chi connectivity index (χ2n) is 8.73. The molecule has 2 aliphatic rings. The van der Waals surface area contributed by atoms with Gasteiger partial charge < -0.3 is 19.7 Å². The summed E-state index contributed by atoms with van der Waals surface area (Å²) in [5.41, 5.74) is -1.61. The first-order chi connectivity index (χ1) is 11.6. The van der Waals surface area contributed by atoms with Gasteiger partial charge in [-0.3, -0.25) is 4.79 Å². The number of carboxylic acid groups (broad SMARTS) is 1. The predicted molar refractivity (Wildman–Crippen MR) is 93.0 cm³/mol. The van der Waals surface area contributed by atoms with Crippen molar-refractivity contribution in [1.82, 2.24) is 0 Å². The van der Waals surface area contributed by atoms with E-state index in [0.717, 1.165) is 18.4 Å². The molecule has 0 spiro atoms. The number of carbonyl (C=O) groups is 1. The van der Waals surface area contributed by atoms with E-state index in [1.165, 1.54) is 0 Å². The van der Waals surface area contributed by atoms with Gasteiger partial charge in [-0.2, -0.15) is 0 Å².